The fourth-order valence-electron chi connectivity index (χ4n) is 2.80. The van der Waals surface area contributed by atoms with E-state index < -0.39 is 23.3 Å². The molecule has 0 fully saturated rings. The quantitative estimate of drug-likeness (QED) is 0.641. The first kappa shape index (κ1) is 20.4. The van der Waals surface area contributed by atoms with Gasteiger partial charge in [-0.25, -0.2) is 13.9 Å². The second kappa shape index (κ2) is 7.95. The lowest BCUT2D eigenvalue weighted by molar-refractivity contribution is -0.138. The van der Waals surface area contributed by atoms with Crippen LogP contribution in [0.1, 0.15) is 21.5 Å². The van der Waals surface area contributed by atoms with E-state index in [2.05, 4.69) is 10.4 Å². The number of hydrogen-bond donors (Lipinski definition) is 2. The van der Waals surface area contributed by atoms with Gasteiger partial charge < -0.3 is 15.8 Å². The number of nitrogens with zero attached hydrogens (tertiary/aromatic N) is 3. The number of halogens is 3. The molecule has 1 aromatic carbocycles. The number of rotatable bonds is 6. The van der Waals surface area contributed by atoms with Gasteiger partial charge in [0, 0.05) is 19.3 Å². The van der Waals surface area contributed by atoms with Crippen LogP contribution in [-0.2, 0) is 19.3 Å². The molecule has 0 aliphatic carbocycles. The highest BCUT2D eigenvalue weighted by atomic mass is 19.4. The monoisotopic (exact) mass is 409 g/mol. The van der Waals surface area contributed by atoms with Crippen molar-refractivity contribution in [2.75, 3.05) is 13.7 Å². The van der Waals surface area contributed by atoms with E-state index in [1.807, 2.05) is 0 Å². The second-order valence-corrected chi connectivity index (χ2v) is 6.14. The predicted octanol–water partition coefficient (Wildman–Crippen LogP) is 1.41. The Morgan fingerprint density at radius 3 is 2.69 bits per heavy atom. The Balaban J connectivity index is 1.83. The lowest BCUT2D eigenvalue weighted by Gasteiger charge is -2.15. The normalized spacial score (nSPS) is 11.6. The van der Waals surface area contributed by atoms with Gasteiger partial charge in [-0.3, -0.25) is 4.79 Å². The first-order valence-corrected chi connectivity index (χ1v) is 8.56. The fraction of sp³-hybridized carbons (Fsp3) is 0.278. The molecule has 0 saturated carbocycles. The van der Waals surface area contributed by atoms with Gasteiger partial charge >= 0.3 is 11.9 Å². The van der Waals surface area contributed by atoms with Gasteiger partial charge in [0.05, 0.1) is 24.8 Å². The van der Waals surface area contributed by atoms with Crippen molar-refractivity contribution in [1.29, 1.82) is 0 Å². The van der Waals surface area contributed by atoms with Crippen LogP contribution in [-0.4, -0.2) is 33.7 Å². The molecule has 11 heteroatoms. The molecule has 0 spiro atoms. The highest BCUT2D eigenvalue weighted by Gasteiger charge is 2.33. The molecule has 0 atom stereocenters. The number of fused-ring (bicyclic) bond motifs is 1. The van der Waals surface area contributed by atoms with Crippen LogP contribution >= 0.6 is 0 Å². The molecule has 0 radical (unpaired) electrons. The smallest absolute Gasteiger partial charge is 0.416 e. The molecule has 8 nitrogen and oxygen atoms in total. The largest absolute Gasteiger partial charge is 0.497 e. The standard InChI is InChI=1S/C18H18F3N5O3/c1-29-13-4-2-11(14(8-13)18(19,20)21)9-23-16(27)12-3-5-15-24-26(7-6-22)17(28)25(15)10-12/h2-5,8,10H,6-7,9,22H2,1H3,(H,23,27). The molecule has 2 heterocycles. The van der Waals surface area contributed by atoms with Crippen LogP contribution in [0, 0.1) is 0 Å². The van der Waals surface area contributed by atoms with Crippen molar-refractivity contribution in [2.45, 2.75) is 19.3 Å². The number of alkyl halides is 3. The Morgan fingerprint density at radius 2 is 2.03 bits per heavy atom. The highest BCUT2D eigenvalue weighted by Crippen LogP contribution is 2.34. The number of carbonyl (C=O) groups excluding carboxylic acids is 1. The van der Waals surface area contributed by atoms with Crippen LogP contribution in [0.15, 0.2) is 41.3 Å². The van der Waals surface area contributed by atoms with Crippen molar-refractivity contribution < 1.29 is 22.7 Å². The van der Waals surface area contributed by atoms with Gasteiger partial charge in [-0.2, -0.15) is 13.2 Å². The van der Waals surface area contributed by atoms with Gasteiger partial charge in [-0.15, -0.1) is 5.10 Å². The maximum Gasteiger partial charge on any atom is 0.416 e. The van der Waals surface area contributed by atoms with Crippen molar-refractivity contribution in [1.82, 2.24) is 19.5 Å². The van der Waals surface area contributed by atoms with Crippen LogP contribution in [0.3, 0.4) is 0 Å². The Bertz CT molecular complexity index is 1100. The zero-order valence-corrected chi connectivity index (χ0v) is 15.4. The molecule has 0 unspecified atom stereocenters. The topological polar surface area (TPSA) is 104 Å². The van der Waals surface area contributed by atoms with Crippen molar-refractivity contribution in [2.24, 2.45) is 5.73 Å². The number of carbonyl (C=O) groups is 1. The number of nitrogens with one attached hydrogen (secondary N) is 1. The van der Waals surface area contributed by atoms with Crippen LogP contribution in [0.5, 0.6) is 5.75 Å². The Kier molecular flexibility index (Phi) is 5.59. The summed E-state index contributed by atoms with van der Waals surface area (Å²) >= 11 is 0. The minimum atomic E-state index is -4.60. The van der Waals surface area contributed by atoms with E-state index in [9.17, 15) is 22.8 Å². The fourth-order valence-corrected chi connectivity index (χ4v) is 2.80. The van der Waals surface area contributed by atoms with Gasteiger partial charge in [-0.05, 0) is 29.8 Å². The maximum absolute atomic E-state index is 13.3. The molecule has 154 valence electrons. The number of methoxy groups -OCH3 is 1. The summed E-state index contributed by atoms with van der Waals surface area (Å²) in [6.45, 7) is 0.0945. The molecule has 3 N–H and O–H groups in total. The molecular formula is C18H18F3N5O3. The lowest BCUT2D eigenvalue weighted by atomic mass is 10.1. The minimum Gasteiger partial charge on any atom is -0.497 e. The highest BCUT2D eigenvalue weighted by molar-refractivity contribution is 5.94. The van der Waals surface area contributed by atoms with Gasteiger partial charge in [-0.1, -0.05) is 6.07 Å². The van der Waals surface area contributed by atoms with E-state index in [4.69, 9.17) is 10.5 Å². The molecule has 29 heavy (non-hydrogen) atoms. The van der Waals surface area contributed by atoms with E-state index in [0.717, 1.165) is 6.07 Å². The Morgan fingerprint density at radius 1 is 1.28 bits per heavy atom. The van der Waals surface area contributed by atoms with E-state index in [1.54, 1.807) is 0 Å². The number of benzene rings is 1. The van der Waals surface area contributed by atoms with Gasteiger partial charge in [0.25, 0.3) is 5.91 Å². The van der Waals surface area contributed by atoms with Crippen molar-refractivity contribution in [3.05, 3.63) is 63.7 Å². The van der Waals surface area contributed by atoms with E-state index in [0.29, 0.717) is 5.65 Å². The zero-order chi connectivity index (χ0) is 21.2. The first-order chi connectivity index (χ1) is 13.7. The SMILES string of the molecule is COc1ccc(CNC(=O)c2ccc3nn(CCN)c(=O)n3c2)c(C(F)(F)F)c1. The predicted molar refractivity (Wildman–Crippen MR) is 97.7 cm³/mol. The third-order valence-corrected chi connectivity index (χ3v) is 4.24. The molecular weight excluding hydrogens is 391 g/mol. The minimum absolute atomic E-state index is 0.0618. The van der Waals surface area contributed by atoms with E-state index in [1.165, 1.54) is 46.7 Å². The van der Waals surface area contributed by atoms with Crippen LogP contribution in [0.4, 0.5) is 13.2 Å². The number of ether oxygens (including phenoxy) is 1. The van der Waals surface area contributed by atoms with E-state index in [-0.39, 0.29) is 36.5 Å². The van der Waals surface area contributed by atoms with Gasteiger partial charge in [0.1, 0.15) is 5.75 Å². The first-order valence-electron chi connectivity index (χ1n) is 8.56. The van der Waals surface area contributed by atoms with Gasteiger partial charge in [0.15, 0.2) is 5.65 Å². The number of hydrogen-bond acceptors (Lipinski definition) is 5. The number of amides is 1. The van der Waals surface area contributed by atoms with E-state index >= 15 is 0 Å². The molecule has 1 amide bonds. The lowest BCUT2D eigenvalue weighted by Crippen LogP contribution is -2.27. The summed E-state index contributed by atoms with van der Waals surface area (Å²) in [5.41, 5.74) is 4.39. The third-order valence-electron chi connectivity index (χ3n) is 4.24. The Hall–Kier alpha value is -3.34. The number of nitrogens with two attached hydrogens (primary N) is 1. The molecule has 3 rings (SSSR count). The Labute approximate surface area is 162 Å². The summed E-state index contributed by atoms with van der Waals surface area (Å²) in [6.07, 6.45) is -3.32. The second-order valence-electron chi connectivity index (χ2n) is 6.14. The number of pyridine rings is 1. The van der Waals surface area contributed by atoms with Crippen molar-refractivity contribution in [3.63, 3.8) is 0 Å². The third kappa shape index (κ3) is 4.24. The number of aromatic nitrogens is 3. The molecule has 0 bridgehead atoms. The molecule has 0 aliphatic rings. The summed E-state index contributed by atoms with van der Waals surface area (Å²) in [5, 5.41) is 6.51. The average molecular weight is 409 g/mol. The van der Waals surface area contributed by atoms with Crippen LogP contribution < -0.4 is 21.5 Å². The molecule has 0 saturated heterocycles. The maximum atomic E-state index is 13.3. The zero-order valence-electron chi connectivity index (χ0n) is 15.4. The van der Waals surface area contributed by atoms with Gasteiger partial charge in [0.2, 0.25) is 0 Å². The average Bonchev–Trinajstić information content (AvgIpc) is 3.00. The molecule has 3 aromatic rings. The van der Waals surface area contributed by atoms with Crippen molar-refractivity contribution in [3.8, 4) is 5.75 Å². The summed E-state index contributed by atoms with van der Waals surface area (Å²) in [6, 6.07) is 6.40. The summed E-state index contributed by atoms with van der Waals surface area (Å²) in [4.78, 5) is 24.6. The van der Waals surface area contributed by atoms with Crippen LogP contribution in [0.2, 0.25) is 0 Å². The molecule has 0 aliphatic heterocycles. The molecule has 2 aromatic heterocycles. The van der Waals surface area contributed by atoms with Crippen LogP contribution in [0.25, 0.3) is 5.65 Å². The summed E-state index contributed by atoms with van der Waals surface area (Å²) in [7, 11) is 1.27. The van der Waals surface area contributed by atoms with Crippen molar-refractivity contribution >= 4 is 11.6 Å². The summed E-state index contributed by atoms with van der Waals surface area (Å²) < 4.78 is 47.0. The summed E-state index contributed by atoms with van der Waals surface area (Å²) in [5.74, 6) is -0.568.